The van der Waals surface area contributed by atoms with E-state index in [1.165, 1.54) is 90.4 Å². The fourth-order valence-corrected chi connectivity index (χ4v) is 4.57. The van der Waals surface area contributed by atoms with Crippen molar-refractivity contribution in [1.29, 1.82) is 0 Å². The van der Waals surface area contributed by atoms with Crippen LogP contribution in [-0.2, 0) is 0 Å². The van der Waals surface area contributed by atoms with Crippen LogP contribution in [0.1, 0.15) is 64.2 Å². The maximum atomic E-state index is 3.83. The van der Waals surface area contributed by atoms with Gasteiger partial charge in [0.2, 0.25) is 0 Å². The lowest BCUT2D eigenvalue weighted by Gasteiger charge is -2.35. The highest BCUT2D eigenvalue weighted by molar-refractivity contribution is 4.88. The molecule has 0 spiro atoms. The summed E-state index contributed by atoms with van der Waals surface area (Å²) in [5.74, 6) is 0. The van der Waals surface area contributed by atoms with Crippen molar-refractivity contribution in [3.05, 3.63) is 0 Å². The van der Waals surface area contributed by atoms with Gasteiger partial charge in [0.15, 0.2) is 0 Å². The topological polar surface area (TPSA) is 48.1 Å². The van der Waals surface area contributed by atoms with Crippen molar-refractivity contribution in [1.82, 2.24) is 21.3 Å². The van der Waals surface area contributed by atoms with Crippen molar-refractivity contribution in [3.8, 4) is 0 Å². The molecule has 2 saturated carbocycles. The highest BCUT2D eigenvalue weighted by atomic mass is 15.1. The summed E-state index contributed by atoms with van der Waals surface area (Å²) in [7, 11) is 0. The fourth-order valence-electron chi connectivity index (χ4n) is 4.57. The monoisotopic (exact) mass is 308 g/mol. The molecule has 0 aromatic heterocycles. The Morgan fingerprint density at radius 1 is 0.364 bits per heavy atom. The van der Waals surface area contributed by atoms with Gasteiger partial charge in [-0.15, -0.1) is 0 Å². The maximum absolute atomic E-state index is 3.83. The van der Waals surface area contributed by atoms with E-state index in [4.69, 9.17) is 0 Å². The number of hydrogen-bond donors (Lipinski definition) is 4. The maximum Gasteiger partial charge on any atom is 0.0221 e. The first-order chi connectivity index (χ1) is 10.9. The van der Waals surface area contributed by atoms with Crippen molar-refractivity contribution in [3.63, 3.8) is 0 Å². The molecule has 0 bridgehead atoms. The van der Waals surface area contributed by atoms with Crippen molar-refractivity contribution >= 4 is 0 Å². The summed E-state index contributed by atoms with van der Waals surface area (Å²) >= 11 is 0. The molecule has 3 rings (SSSR count). The third-order valence-corrected chi connectivity index (χ3v) is 5.87. The van der Waals surface area contributed by atoms with Gasteiger partial charge < -0.3 is 21.3 Å². The molecule has 1 aliphatic heterocycles. The summed E-state index contributed by atoms with van der Waals surface area (Å²) in [4.78, 5) is 0. The summed E-state index contributed by atoms with van der Waals surface area (Å²) in [5, 5.41) is 15.3. The molecule has 0 unspecified atom stereocenters. The van der Waals surface area contributed by atoms with Gasteiger partial charge in [-0.25, -0.2) is 0 Å². The predicted octanol–water partition coefficient (Wildman–Crippen LogP) is 1.76. The van der Waals surface area contributed by atoms with Crippen LogP contribution in [0.3, 0.4) is 0 Å². The Labute approximate surface area is 136 Å². The van der Waals surface area contributed by atoms with E-state index < -0.39 is 0 Å². The van der Waals surface area contributed by atoms with E-state index in [0.717, 1.165) is 0 Å². The molecule has 0 aromatic carbocycles. The normalized spacial score (nSPS) is 39.3. The zero-order valence-corrected chi connectivity index (χ0v) is 14.2. The van der Waals surface area contributed by atoms with Gasteiger partial charge in [-0.05, 0) is 64.7 Å². The van der Waals surface area contributed by atoms with Gasteiger partial charge in [0, 0.05) is 24.2 Å². The summed E-state index contributed by atoms with van der Waals surface area (Å²) in [6, 6.07) is 2.80. The van der Waals surface area contributed by atoms with E-state index in [-0.39, 0.29) is 0 Å². The van der Waals surface area contributed by atoms with E-state index in [0.29, 0.717) is 24.2 Å². The molecule has 0 radical (unpaired) electrons. The largest absolute Gasteiger partial charge is 0.312 e. The molecule has 2 aliphatic carbocycles. The molecule has 22 heavy (non-hydrogen) atoms. The number of hydrogen-bond acceptors (Lipinski definition) is 4. The Morgan fingerprint density at radius 2 is 0.636 bits per heavy atom. The van der Waals surface area contributed by atoms with Crippen LogP contribution >= 0.6 is 0 Å². The summed E-state index contributed by atoms with van der Waals surface area (Å²) in [6.07, 6.45) is 13.5. The van der Waals surface area contributed by atoms with Crippen molar-refractivity contribution in [2.75, 3.05) is 26.2 Å². The van der Waals surface area contributed by atoms with Gasteiger partial charge in [0.05, 0.1) is 0 Å². The smallest absolute Gasteiger partial charge is 0.0221 e. The predicted molar refractivity (Wildman–Crippen MR) is 93.3 cm³/mol. The van der Waals surface area contributed by atoms with E-state index >= 15 is 0 Å². The summed E-state index contributed by atoms with van der Waals surface area (Å²) < 4.78 is 0. The molecule has 4 atom stereocenters. The number of rotatable bonds is 0. The Bertz CT molecular complexity index is 251. The average molecular weight is 309 g/mol. The lowest BCUT2D eigenvalue weighted by atomic mass is 9.89. The van der Waals surface area contributed by atoms with Crippen LogP contribution in [-0.4, -0.2) is 50.3 Å². The van der Waals surface area contributed by atoms with E-state index in [2.05, 4.69) is 21.3 Å². The van der Waals surface area contributed by atoms with Gasteiger partial charge in [0.1, 0.15) is 0 Å². The highest BCUT2D eigenvalue weighted by Crippen LogP contribution is 2.20. The van der Waals surface area contributed by atoms with E-state index in [1.54, 1.807) is 0 Å². The van der Waals surface area contributed by atoms with Crippen molar-refractivity contribution in [2.24, 2.45) is 0 Å². The fraction of sp³-hybridized carbons (Fsp3) is 1.00. The standard InChI is InChI=1S/C18H36N4/c1-2-8-16-15(7-1)19-11-5-13-21-17-9-3-4-10-18(17)22-14-6-12-20-16/h15-22H,1-14H2/t15-,16+,17-,18+. The molecular weight excluding hydrogens is 272 g/mol. The minimum absolute atomic E-state index is 0.701. The van der Waals surface area contributed by atoms with Crippen molar-refractivity contribution in [2.45, 2.75) is 88.4 Å². The SMILES string of the molecule is C1CN[C@H]2CCCC[C@H]2NCCCN[C@@H]2CCCC[C@@H]2NC1. The van der Waals surface area contributed by atoms with Gasteiger partial charge >= 0.3 is 0 Å². The minimum atomic E-state index is 0.701. The number of nitrogens with one attached hydrogen (secondary N) is 4. The van der Waals surface area contributed by atoms with E-state index in [1.807, 2.05) is 0 Å². The summed E-state index contributed by atoms with van der Waals surface area (Å²) in [6.45, 7) is 4.67. The first-order valence-corrected chi connectivity index (χ1v) is 9.87. The van der Waals surface area contributed by atoms with Gasteiger partial charge in [-0.2, -0.15) is 0 Å². The molecular formula is C18H36N4. The Kier molecular flexibility index (Phi) is 6.99. The van der Waals surface area contributed by atoms with Gasteiger partial charge in [-0.3, -0.25) is 0 Å². The molecule has 4 nitrogen and oxygen atoms in total. The Balaban J connectivity index is 1.50. The first kappa shape index (κ1) is 16.7. The highest BCUT2D eigenvalue weighted by Gasteiger charge is 2.26. The van der Waals surface area contributed by atoms with Crippen LogP contribution in [0.25, 0.3) is 0 Å². The zero-order valence-electron chi connectivity index (χ0n) is 14.2. The van der Waals surface area contributed by atoms with Crippen LogP contribution in [0.15, 0.2) is 0 Å². The lowest BCUT2D eigenvalue weighted by molar-refractivity contribution is 0.261. The molecule has 3 fully saturated rings. The molecule has 0 aromatic rings. The third kappa shape index (κ3) is 4.92. The van der Waals surface area contributed by atoms with Crippen LogP contribution in [0, 0.1) is 0 Å². The summed E-state index contributed by atoms with van der Waals surface area (Å²) in [5.41, 5.74) is 0. The Hall–Kier alpha value is -0.160. The second kappa shape index (κ2) is 9.21. The number of fused-ring (bicyclic) bond motifs is 2. The quantitative estimate of drug-likeness (QED) is 0.551. The van der Waals surface area contributed by atoms with Crippen LogP contribution < -0.4 is 21.3 Å². The average Bonchev–Trinajstić information content (AvgIpc) is 2.56. The van der Waals surface area contributed by atoms with Gasteiger partial charge in [-0.1, -0.05) is 25.7 Å². The molecule has 1 heterocycles. The second-order valence-electron chi connectivity index (χ2n) is 7.52. The Morgan fingerprint density at radius 3 is 0.909 bits per heavy atom. The molecule has 1 saturated heterocycles. The van der Waals surface area contributed by atoms with Crippen LogP contribution in [0.5, 0.6) is 0 Å². The minimum Gasteiger partial charge on any atom is -0.312 e. The lowest BCUT2D eigenvalue weighted by Crippen LogP contribution is -2.53. The van der Waals surface area contributed by atoms with Gasteiger partial charge in [0.25, 0.3) is 0 Å². The first-order valence-electron chi connectivity index (χ1n) is 9.87. The van der Waals surface area contributed by atoms with E-state index in [9.17, 15) is 0 Å². The third-order valence-electron chi connectivity index (χ3n) is 5.87. The van der Waals surface area contributed by atoms with Crippen LogP contribution in [0.2, 0.25) is 0 Å². The second-order valence-corrected chi connectivity index (χ2v) is 7.52. The molecule has 128 valence electrons. The molecule has 0 amide bonds. The molecule has 3 aliphatic rings. The molecule has 4 heteroatoms. The van der Waals surface area contributed by atoms with Crippen molar-refractivity contribution < 1.29 is 0 Å². The van der Waals surface area contributed by atoms with Crippen LogP contribution in [0.4, 0.5) is 0 Å². The zero-order chi connectivity index (χ0) is 15.0. The molecule has 4 N–H and O–H groups in total.